The number of hydrogen-bond donors (Lipinski definition) is 1. The minimum Gasteiger partial charge on any atom is -0.481 e. The summed E-state index contributed by atoms with van der Waals surface area (Å²) in [6.45, 7) is 2.16. The molecule has 0 saturated carbocycles. The van der Waals surface area contributed by atoms with E-state index < -0.39 is 16.0 Å². The van der Waals surface area contributed by atoms with Crippen LogP contribution in [0.2, 0.25) is 0 Å². The lowest BCUT2D eigenvalue weighted by Crippen LogP contribution is -2.44. The molecule has 1 aromatic heterocycles. The maximum Gasteiger partial charge on any atom is 0.303 e. The van der Waals surface area contributed by atoms with Crippen LogP contribution in [0.25, 0.3) is 0 Å². The van der Waals surface area contributed by atoms with Gasteiger partial charge in [0, 0.05) is 25.1 Å². The van der Waals surface area contributed by atoms with Gasteiger partial charge in [0.1, 0.15) is 17.2 Å². The second-order valence-corrected chi connectivity index (χ2v) is 7.30. The highest BCUT2D eigenvalue weighted by atomic mass is 32.2. The Morgan fingerprint density at radius 2 is 2.29 bits per heavy atom. The van der Waals surface area contributed by atoms with Crippen LogP contribution in [0.3, 0.4) is 0 Å². The molecule has 8 heteroatoms. The van der Waals surface area contributed by atoms with Crippen LogP contribution in [0, 0.1) is 6.92 Å². The number of aliphatic carboxylic acids is 1. The summed E-state index contributed by atoms with van der Waals surface area (Å²) >= 11 is 0. The number of aryl methyl sites for hydroxylation is 1. The molecule has 1 saturated heterocycles. The van der Waals surface area contributed by atoms with Crippen LogP contribution in [0.5, 0.6) is 0 Å². The molecular weight excluding hydrogens is 296 g/mol. The summed E-state index contributed by atoms with van der Waals surface area (Å²) in [5, 5.41) is 12.5. The van der Waals surface area contributed by atoms with E-state index in [4.69, 9.17) is 9.63 Å². The fourth-order valence-corrected chi connectivity index (χ4v) is 4.42. The van der Waals surface area contributed by atoms with Gasteiger partial charge in [0.05, 0.1) is 0 Å². The highest BCUT2D eigenvalue weighted by Crippen LogP contribution is 2.25. The van der Waals surface area contributed by atoms with E-state index in [-0.39, 0.29) is 18.2 Å². The molecule has 0 bridgehead atoms. The first kappa shape index (κ1) is 16.0. The number of carbonyl (C=O) groups is 1. The Labute approximate surface area is 124 Å². The second kappa shape index (κ2) is 6.57. The van der Waals surface area contributed by atoms with Gasteiger partial charge in [0.25, 0.3) is 0 Å². The topological polar surface area (TPSA) is 101 Å². The summed E-state index contributed by atoms with van der Waals surface area (Å²) in [6, 6.07) is 1.38. The lowest BCUT2D eigenvalue weighted by Gasteiger charge is -2.34. The van der Waals surface area contributed by atoms with E-state index in [1.54, 1.807) is 13.0 Å². The van der Waals surface area contributed by atoms with Crippen LogP contribution in [-0.4, -0.2) is 41.5 Å². The summed E-state index contributed by atoms with van der Waals surface area (Å²) in [5.41, 5.74) is 0.384. The van der Waals surface area contributed by atoms with Crippen LogP contribution in [-0.2, 0) is 20.6 Å². The minimum atomic E-state index is -3.50. The fourth-order valence-electron chi connectivity index (χ4n) is 2.67. The predicted molar refractivity (Wildman–Crippen MR) is 75.1 cm³/mol. The average Bonchev–Trinajstić information content (AvgIpc) is 2.81. The molecule has 7 nitrogen and oxygen atoms in total. The fraction of sp³-hybridized carbons (Fsp3) is 0.692. The number of carboxylic acids is 1. The third-order valence-corrected chi connectivity index (χ3v) is 5.48. The summed E-state index contributed by atoms with van der Waals surface area (Å²) in [6.07, 6.45) is 2.79. The number of piperidine rings is 1. The van der Waals surface area contributed by atoms with Crippen LogP contribution in [0.15, 0.2) is 10.6 Å². The molecule has 2 rings (SSSR count). The number of hydrogen-bond acceptors (Lipinski definition) is 5. The lowest BCUT2D eigenvalue weighted by molar-refractivity contribution is -0.137. The van der Waals surface area contributed by atoms with Crippen LogP contribution >= 0.6 is 0 Å². The van der Waals surface area contributed by atoms with E-state index in [1.165, 1.54) is 4.31 Å². The van der Waals surface area contributed by atoms with E-state index in [0.717, 1.165) is 12.8 Å². The van der Waals surface area contributed by atoms with Crippen molar-refractivity contribution in [3.05, 3.63) is 17.5 Å². The van der Waals surface area contributed by atoms with Crippen molar-refractivity contribution in [3.8, 4) is 0 Å². The molecule has 118 valence electrons. The molecule has 0 amide bonds. The number of nitrogens with zero attached hydrogens (tertiary/aromatic N) is 2. The minimum absolute atomic E-state index is 0.0141. The Morgan fingerprint density at radius 3 is 2.90 bits per heavy atom. The first-order chi connectivity index (χ1) is 9.88. The molecule has 1 aliphatic heterocycles. The summed E-state index contributed by atoms with van der Waals surface area (Å²) in [4.78, 5) is 10.7. The monoisotopic (exact) mass is 316 g/mol. The normalized spacial score (nSPS) is 20.5. The summed E-state index contributed by atoms with van der Waals surface area (Å²) < 4.78 is 31.4. The first-order valence-corrected chi connectivity index (χ1v) is 8.63. The highest BCUT2D eigenvalue weighted by molar-refractivity contribution is 7.88. The molecule has 21 heavy (non-hydrogen) atoms. The molecule has 1 N–H and O–H groups in total. The maximum absolute atomic E-state index is 12.5. The standard InChI is InChI=1S/C13H20N2O5S/c1-10-8-11(14-20-10)9-21(18,19)15-7-3-2-4-12(15)5-6-13(16)17/h8,12H,2-7,9H2,1H3,(H,16,17). The molecule has 1 fully saturated rings. The molecule has 0 spiro atoms. The Kier molecular flexibility index (Phi) is 5.00. The Morgan fingerprint density at radius 1 is 1.52 bits per heavy atom. The van der Waals surface area contributed by atoms with Crippen LogP contribution < -0.4 is 0 Å². The molecule has 1 unspecified atom stereocenters. The number of rotatable bonds is 6. The molecule has 1 atom stereocenters. The Hall–Kier alpha value is -1.41. The molecule has 0 aliphatic carbocycles. The van der Waals surface area contributed by atoms with E-state index in [9.17, 15) is 13.2 Å². The van der Waals surface area contributed by atoms with Gasteiger partial charge in [-0.3, -0.25) is 4.79 Å². The van der Waals surface area contributed by atoms with Crippen molar-refractivity contribution in [1.29, 1.82) is 0 Å². The smallest absolute Gasteiger partial charge is 0.303 e. The van der Waals surface area contributed by atoms with Crippen molar-refractivity contribution >= 4 is 16.0 Å². The summed E-state index contributed by atoms with van der Waals surface area (Å²) in [5.74, 6) is -0.528. The van der Waals surface area contributed by atoms with Crippen molar-refractivity contribution in [1.82, 2.24) is 9.46 Å². The van der Waals surface area contributed by atoms with Gasteiger partial charge < -0.3 is 9.63 Å². The largest absolute Gasteiger partial charge is 0.481 e. The molecule has 1 aromatic rings. The zero-order valence-electron chi connectivity index (χ0n) is 12.0. The van der Waals surface area contributed by atoms with Crippen molar-refractivity contribution in [2.45, 2.75) is 50.8 Å². The predicted octanol–water partition coefficient (Wildman–Crippen LogP) is 1.53. The maximum atomic E-state index is 12.5. The van der Waals surface area contributed by atoms with Crippen LogP contribution in [0.1, 0.15) is 43.6 Å². The zero-order valence-corrected chi connectivity index (χ0v) is 12.8. The lowest BCUT2D eigenvalue weighted by atomic mass is 10.0. The van der Waals surface area contributed by atoms with Gasteiger partial charge in [-0.15, -0.1) is 0 Å². The van der Waals surface area contributed by atoms with Crippen molar-refractivity contribution in [2.75, 3.05) is 6.54 Å². The third kappa shape index (κ3) is 4.28. The van der Waals surface area contributed by atoms with E-state index in [1.807, 2.05) is 0 Å². The number of sulfonamides is 1. The third-order valence-electron chi connectivity index (χ3n) is 3.63. The van der Waals surface area contributed by atoms with Gasteiger partial charge in [-0.05, 0) is 26.2 Å². The molecular formula is C13H20N2O5S. The molecule has 1 aliphatic rings. The number of aromatic nitrogens is 1. The van der Waals surface area contributed by atoms with E-state index >= 15 is 0 Å². The van der Waals surface area contributed by atoms with Gasteiger partial charge in [0.15, 0.2) is 0 Å². The summed E-state index contributed by atoms with van der Waals surface area (Å²) in [7, 11) is -3.50. The van der Waals surface area contributed by atoms with Crippen LogP contribution in [0.4, 0.5) is 0 Å². The number of carboxylic acid groups (broad SMARTS) is 1. The van der Waals surface area contributed by atoms with Crippen molar-refractivity contribution in [3.63, 3.8) is 0 Å². The quantitative estimate of drug-likeness (QED) is 0.854. The van der Waals surface area contributed by atoms with E-state index in [2.05, 4.69) is 5.16 Å². The first-order valence-electron chi connectivity index (χ1n) is 7.02. The Balaban J connectivity index is 2.09. The van der Waals surface area contributed by atoms with Gasteiger partial charge in [0.2, 0.25) is 10.0 Å². The Bertz CT molecular complexity index is 595. The van der Waals surface area contributed by atoms with E-state index in [0.29, 0.717) is 30.8 Å². The van der Waals surface area contributed by atoms with Crippen molar-refractivity contribution in [2.24, 2.45) is 0 Å². The van der Waals surface area contributed by atoms with Crippen molar-refractivity contribution < 1.29 is 22.8 Å². The average molecular weight is 316 g/mol. The van der Waals surface area contributed by atoms with Gasteiger partial charge in [-0.2, -0.15) is 4.31 Å². The second-order valence-electron chi connectivity index (χ2n) is 5.38. The van der Waals surface area contributed by atoms with Gasteiger partial charge in [-0.1, -0.05) is 11.6 Å². The molecule has 2 heterocycles. The molecule has 0 radical (unpaired) electrons. The SMILES string of the molecule is Cc1cc(CS(=O)(=O)N2CCCCC2CCC(=O)O)no1. The van der Waals surface area contributed by atoms with Gasteiger partial charge in [-0.25, -0.2) is 8.42 Å². The molecule has 0 aromatic carbocycles. The van der Waals surface area contributed by atoms with Gasteiger partial charge >= 0.3 is 5.97 Å². The zero-order chi connectivity index (χ0) is 15.5. The highest BCUT2D eigenvalue weighted by Gasteiger charge is 2.33.